The van der Waals surface area contributed by atoms with Gasteiger partial charge in [-0.25, -0.2) is 9.97 Å². The van der Waals surface area contributed by atoms with Crippen molar-refractivity contribution in [2.24, 2.45) is 0 Å². The van der Waals surface area contributed by atoms with Crippen molar-refractivity contribution >= 4 is 45.2 Å². The normalized spacial score (nSPS) is 21.3. The predicted molar refractivity (Wildman–Crippen MR) is 212 cm³/mol. The minimum Gasteiger partial charge on any atom is -0.408 e. The van der Waals surface area contributed by atoms with Gasteiger partial charge in [-0.05, 0) is 61.1 Å². The van der Waals surface area contributed by atoms with Crippen LogP contribution in [0.1, 0.15) is 90.8 Å². The minimum atomic E-state index is -2.31. The van der Waals surface area contributed by atoms with Gasteiger partial charge >= 0.3 is 0 Å². The Balaban J connectivity index is 1.58. The quantitative estimate of drug-likeness (QED) is 0.142. The van der Waals surface area contributed by atoms with Gasteiger partial charge in [-0.2, -0.15) is 11.8 Å². The van der Waals surface area contributed by atoms with Gasteiger partial charge in [0.15, 0.2) is 28.6 Å². The second kappa shape index (κ2) is 14.5. The zero-order valence-electron chi connectivity index (χ0n) is 32.5. The Hall–Kier alpha value is -2.49. The second-order valence-corrected chi connectivity index (χ2v) is 27.5. The summed E-state index contributed by atoms with van der Waals surface area (Å²) in [5, 5.41) is 5.22. The maximum atomic E-state index is 7.44. The molecule has 5 rings (SSSR count). The van der Waals surface area contributed by atoms with Crippen molar-refractivity contribution in [3.8, 4) is 11.3 Å². The van der Waals surface area contributed by atoms with E-state index in [0.29, 0.717) is 11.6 Å². The van der Waals surface area contributed by atoms with Crippen LogP contribution in [-0.4, -0.2) is 60.4 Å². The number of thioether (sulfide) groups is 1. The molecule has 4 heterocycles. The fraction of sp³-hybridized carbons (Fsp3) is 0.605. The van der Waals surface area contributed by atoms with Gasteiger partial charge in [0, 0.05) is 28.8 Å². The molecule has 12 heteroatoms. The summed E-state index contributed by atoms with van der Waals surface area (Å²) in [5.41, 5.74) is 11.5. The number of hydrogen-bond acceptors (Lipinski definition) is 9. The van der Waals surface area contributed by atoms with Gasteiger partial charge in [-0.15, -0.1) is 0 Å². The van der Waals surface area contributed by atoms with E-state index in [1.165, 1.54) is 0 Å². The molecule has 1 aliphatic heterocycles. The van der Waals surface area contributed by atoms with E-state index < -0.39 is 22.9 Å². The maximum absolute atomic E-state index is 7.44. The van der Waals surface area contributed by atoms with Crippen LogP contribution >= 0.6 is 11.8 Å². The molecule has 0 aliphatic carbocycles. The van der Waals surface area contributed by atoms with Crippen LogP contribution in [0.5, 0.6) is 0 Å². The second-order valence-electron chi connectivity index (χ2n) is 17.0. The van der Waals surface area contributed by atoms with Crippen molar-refractivity contribution in [2.45, 2.75) is 141 Å². The molecule has 1 aliphatic rings. The molecule has 0 saturated carbocycles. The average molecular weight is 738 g/mol. The number of nitrogens with zero attached hydrogens (tertiary/aromatic N) is 4. The van der Waals surface area contributed by atoms with E-state index in [1.807, 2.05) is 36.9 Å². The van der Waals surface area contributed by atoms with Gasteiger partial charge in [-0.1, -0.05) is 90.9 Å². The van der Waals surface area contributed by atoms with E-state index in [4.69, 9.17) is 28.8 Å². The Morgan fingerprint density at radius 2 is 1.58 bits per heavy atom. The zero-order valence-corrected chi connectivity index (χ0v) is 35.3. The molecule has 0 radical (unpaired) electrons. The Morgan fingerprint density at radius 3 is 2.18 bits per heavy atom. The van der Waals surface area contributed by atoms with Gasteiger partial charge in [0.1, 0.15) is 30.0 Å². The predicted octanol–water partition coefficient (Wildman–Crippen LogP) is 10.1. The lowest BCUT2D eigenvalue weighted by molar-refractivity contribution is -0.0245. The molecule has 1 aromatic carbocycles. The zero-order chi connectivity index (χ0) is 36.8. The lowest BCUT2D eigenvalue weighted by Crippen LogP contribution is -2.53. The molecule has 274 valence electrons. The first kappa shape index (κ1) is 38.7. The number of fused-ring (bicyclic) bond motifs is 1. The Kier molecular flexibility index (Phi) is 11.2. The summed E-state index contributed by atoms with van der Waals surface area (Å²) in [7, 11) is -4.58. The van der Waals surface area contributed by atoms with E-state index in [9.17, 15) is 0 Å². The first-order chi connectivity index (χ1) is 23.3. The Bertz CT molecular complexity index is 1760. The van der Waals surface area contributed by atoms with Crippen LogP contribution in [0, 0.1) is 6.92 Å². The molecule has 0 spiro atoms. The fourth-order valence-corrected chi connectivity index (χ4v) is 9.71. The number of nitrogen functional groups attached to an aromatic ring is 1. The molecule has 5 atom stereocenters. The average Bonchev–Trinajstić information content (AvgIpc) is 3.70. The molecule has 1 unspecified atom stereocenters. The molecule has 9 nitrogen and oxygen atoms in total. The highest BCUT2D eigenvalue weighted by atomic mass is 32.2. The lowest BCUT2D eigenvalue weighted by atomic mass is 9.99. The summed E-state index contributed by atoms with van der Waals surface area (Å²) in [6, 6.07) is 10.2. The van der Waals surface area contributed by atoms with Crippen molar-refractivity contribution in [2.75, 3.05) is 11.5 Å². The number of anilines is 1. The van der Waals surface area contributed by atoms with Crippen molar-refractivity contribution < 1.29 is 18.1 Å². The van der Waals surface area contributed by atoms with Crippen molar-refractivity contribution in [1.82, 2.24) is 19.7 Å². The molecule has 50 heavy (non-hydrogen) atoms. The summed E-state index contributed by atoms with van der Waals surface area (Å²) in [6.45, 7) is 29.4. The van der Waals surface area contributed by atoms with Gasteiger partial charge in [0.25, 0.3) is 0 Å². The van der Waals surface area contributed by atoms with E-state index in [-0.39, 0.29) is 34.3 Å². The van der Waals surface area contributed by atoms with Crippen molar-refractivity contribution in [3.05, 3.63) is 59.7 Å². The standard InChI is InChI=1S/C38H59N5O4SSi2/c1-14-24(2)27-20-43(35-30(27)34(39)40-23-41-35)36-33(47-50(12,13)38(7,8)9)32(46-49(10,11)37(4,5)6)29(44-36)22-48-21-28-25(3)42-45-31(28)26-18-16-15-17-19-26/h15-20,23-24,29,32-33,36H,14,21-22H2,1-13H3,(H2,39,40,41)/t24?,29-,32-,33-,36-/m1/s1. The maximum Gasteiger partial charge on any atom is 0.192 e. The molecule has 2 N–H and O–H groups in total. The number of aryl methyl sites for hydroxylation is 1. The molecule has 4 aromatic rings. The topological polar surface area (TPSA) is 110 Å². The van der Waals surface area contributed by atoms with Gasteiger partial charge in [0.05, 0.1) is 17.2 Å². The molecular formula is C38H59N5O4SSi2. The number of hydrogen-bond donors (Lipinski definition) is 1. The van der Waals surface area contributed by atoms with Crippen molar-refractivity contribution in [3.63, 3.8) is 0 Å². The third-order valence-corrected chi connectivity index (χ3v) is 21.4. The Labute approximate surface area is 305 Å². The summed E-state index contributed by atoms with van der Waals surface area (Å²) in [5.74, 6) is 3.02. The van der Waals surface area contributed by atoms with Gasteiger partial charge in [0.2, 0.25) is 0 Å². The van der Waals surface area contributed by atoms with Crippen LogP contribution in [-0.2, 0) is 19.3 Å². The number of benzene rings is 1. The highest BCUT2D eigenvalue weighted by Gasteiger charge is 2.54. The van der Waals surface area contributed by atoms with Gasteiger partial charge < -0.3 is 28.4 Å². The summed E-state index contributed by atoms with van der Waals surface area (Å²) in [4.78, 5) is 9.20. The SMILES string of the molecule is CCC(C)c1cn([C@@H]2O[C@H](CSCc3c(C)noc3-c3ccccc3)[C@@H](O[Si](C)(C)C(C)(C)C)[C@H]2O[Si](C)(C)C(C)(C)C)c2ncnc(N)c12. The molecule has 1 saturated heterocycles. The Morgan fingerprint density at radius 1 is 0.960 bits per heavy atom. The fourth-order valence-electron chi connectivity index (χ4n) is 5.95. The summed E-state index contributed by atoms with van der Waals surface area (Å²) < 4.78 is 30.1. The van der Waals surface area contributed by atoms with Crippen LogP contribution in [0.25, 0.3) is 22.4 Å². The smallest absolute Gasteiger partial charge is 0.192 e. The molecule has 0 amide bonds. The van der Waals surface area contributed by atoms with Crippen LogP contribution in [0.2, 0.25) is 36.3 Å². The first-order valence-corrected chi connectivity index (χ1v) is 24.9. The highest BCUT2D eigenvalue weighted by molar-refractivity contribution is 7.98. The third kappa shape index (κ3) is 7.66. The summed E-state index contributed by atoms with van der Waals surface area (Å²) >= 11 is 1.82. The number of nitrogens with two attached hydrogens (primary N) is 1. The number of aromatic nitrogens is 4. The van der Waals surface area contributed by atoms with Crippen molar-refractivity contribution in [1.29, 1.82) is 0 Å². The minimum absolute atomic E-state index is 0.0000123. The third-order valence-electron chi connectivity index (χ3n) is 11.4. The largest absolute Gasteiger partial charge is 0.408 e. The van der Waals surface area contributed by atoms with Crippen LogP contribution in [0.4, 0.5) is 5.82 Å². The van der Waals surface area contributed by atoms with E-state index >= 15 is 0 Å². The molecular weight excluding hydrogens is 679 g/mol. The monoisotopic (exact) mass is 737 g/mol. The first-order valence-electron chi connectivity index (χ1n) is 18.0. The number of ether oxygens (including phenoxy) is 1. The molecule has 1 fully saturated rings. The van der Waals surface area contributed by atoms with E-state index in [1.54, 1.807) is 6.33 Å². The molecule has 3 aromatic heterocycles. The van der Waals surface area contributed by atoms with Crippen LogP contribution in [0.15, 0.2) is 47.4 Å². The number of rotatable bonds is 12. The lowest BCUT2D eigenvalue weighted by Gasteiger charge is -2.44. The van der Waals surface area contributed by atoms with Crippen LogP contribution < -0.4 is 5.73 Å². The molecule has 0 bridgehead atoms. The van der Waals surface area contributed by atoms with Gasteiger partial charge in [-0.3, -0.25) is 0 Å². The van der Waals surface area contributed by atoms with E-state index in [2.05, 4.69) is 115 Å². The van der Waals surface area contributed by atoms with E-state index in [0.717, 1.165) is 51.4 Å². The highest BCUT2D eigenvalue weighted by Crippen LogP contribution is 2.48. The summed E-state index contributed by atoms with van der Waals surface area (Å²) in [6.07, 6.45) is 3.35. The van der Waals surface area contributed by atoms with Crippen LogP contribution in [0.3, 0.4) is 0 Å².